The Morgan fingerprint density at radius 1 is 1.10 bits per heavy atom. The molecular formula is C17H20ClNO. The molecule has 2 rings (SSSR count). The molecule has 106 valence electrons. The Labute approximate surface area is 125 Å². The number of benzene rings is 2. The Bertz CT molecular complexity index is 539. The van der Waals surface area contributed by atoms with Gasteiger partial charge in [0.15, 0.2) is 0 Å². The second-order valence-electron chi connectivity index (χ2n) is 4.93. The number of hydrogen-bond donors (Lipinski definition) is 1. The van der Waals surface area contributed by atoms with Gasteiger partial charge in [-0.1, -0.05) is 42.8 Å². The van der Waals surface area contributed by atoms with Crippen molar-refractivity contribution in [3.05, 3.63) is 64.7 Å². The fourth-order valence-electron chi connectivity index (χ4n) is 1.96. The van der Waals surface area contributed by atoms with Gasteiger partial charge in [0.2, 0.25) is 0 Å². The minimum Gasteiger partial charge on any atom is -0.489 e. The summed E-state index contributed by atoms with van der Waals surface area (Å²) in [4.78, 5) is 0. The third-order valence-corrected chi connectivity index (χ3v) is 3.49. The molecule has 0 saturated carbocycles. The predicted octanol–water partition coefficient (Wildman–Crippen LogP) is 4.20. The minimum absolute atomic E-state index is 0.210. The Kier molecular flexibility index (Phi) is 5.45. The molecule has 0 amide bonds. The molecule has 0 aliphatic rings. The van der Waals surface area contributed by atoms with Gasteiger partial charge < -0.3 is 10.5 Å². The average molecular weight is 290 g/mol. The van der Waals surface area contributed by atoms with Crippen LogP contribution < -0.4 is 10.5 Å². The number of halogens is 1. The van der Waals surface area contributed by atoms with Crippen LogP contribution in [0.25, 0.3) is 0 Å². The lowest BCUT2D eigenvalue weighted by Gasteiger charge is -2.11. The van der Waals surface area contributed by atoms with Gasteiger partial charge in [-0.3, -0.25) is 0 Å². The third-order valence-electron chi connectivity index (χ3n) is 3.24. The summed E-state index contributed by atoms with van der Waals surface area (Å²) >= 11 is 5.86. The smallest absolute Gasteiger partial charge is 0.120 e. The summed E-state index contributed by atoms with van der Waals surface area (Å²) in [7, 11) is 0. The summed E-state index contributed by atoms with van der Waals surface area (Å²) in [6.07, 6.45) is 1.87. The largest absolute Gasteiger partial charge is 0.489 e. The van der Waals surface area contributed by atoms with Gasteiger partial charge in [-0.25, -0.2) is 0 Å². The monoisotopic (exact) mass is 289 g/mol. The summed E-state index contributed by atoms with van der Waals surface area (Å²) in [5.74, 6) is 0.876. The van der Waals surface area contributed by atoms with Crippen molar-refractivity contribution in [3.63, 3.8) is 0 Å². The molecule has 0 heterocycles. The Balaban J connectivity index is 1.95. The maximum absolute atomic E-state index is 5.98. The lowest BCUT2D eigenvalue weighted by molar-refractivity contribution is 0.306. The Hall–Kier alpha value is -1.51. The van der Waals surface area contributed by atoms with E-state index in [0.29, 0.717) is 6.61 Å². The molecule has 0 spiro atoms. The first-order valence-electron chi connectivity index (χ1n) is 6.89. The molecule has 0 fully saturated rings. The van der Waals surface area contributed by atoms with E-state index < -0.39 is 0 Å². The van der Waals surface area contributed by atoms with Crippen molar-refractivity contribution in [2.24, 2.45) is 5.73 Å². The highest BCUT2D eigenvalue weighted by molar-refractivity contribution is 6.30. The van der Waals surface area contributed by atoms with E-state index in [9.17, 15) is 0 Å². The van der Waals surface area contributed by atoms with Crippen LogP contribution >= 0.6 is 11.6 Å². The highest BCUT2D eigenvalue weighted by atomic mass is 35.5. The number of nitrogens with two attached hydrogens (primary N) is 1. The number of ether oxygens (including phenoxy) is 1. The topological polar surface area (TPSA) is 35.2 Å². The van der Waals surface area contributed by atoms with Crippen LogP contribution in [0.1, 0.15) is 24.5 Å². The highest BCUT2D eigenvalue weighted by Gasteiger charge is 2.03. The molecule has 0 aromatic heterocycles. The second kappa shape index (κ2) is 7.32. The highest BCUT2D eigenvalue weighted by Crippen LogP contribution is 2.17. The molecule has 0 saturated heterocycles. The maximum Gasteiger partial charge on any atom is 0.120 e. The quantitative estimate of drug-likeness (QED) is 0.865. The van der Waals surface area contributed by atoms with Crippen molar-refractivity contribution in [2.45, 2.75) is 32.4 Å². The summed E-state index contributed by atoms with van der Waals surface area (Å²) < 4.78 is 5.80. The van der Waals surface area contributed by atoms with E-state index in [1.165, 1.54) is 5.56 Å². The lowest BCUT2D eigenvalue weighted by atomic mass is 10.0. The third kappa shape index (κ3) is 4.55. The molecule has 2 nitrogen and oxygen atoms in total. The van der Waals surface area contributed by atoms with Gasteiger partial charge in [0, 0.05) is 11.1 Å². The van der Waals surface area contributed by atoms with Crippen LogP contribution in [-0.2, 0) is 13.0 Å². The SMILES string of the molecule is CCC(N)Cc1cccc(OCc2ccc(Cl)cc2)c1. The maximum atomic E-state index is 5.98. The second-order valence-corrected chi connectivity index (χ2v) is 5.37. The first kappa shape index (κ1) is 14.9. The molecule has 2 N–H and O–H groups in total. The summed E-state index contributed by atoms with van der Waals surface area (Å²) in [6, 6.07) is 16.0. The van der Waals surface area contributed by atoms with Gasteiger partial charge in [-0.05, 0) is 48.2 Å². The molecule has 1 unspecified atom stereocenters. The van der Waals surface area contributed by atoms with E-state index in [1.54, 1.807) is 0 Å². The molecule has 2 aromatic rings. The molecule has 20 heavy (non-hydrogen) atoms. The van der Waals surface area contributed by atoms with Gasteiger partial charge in [0.05, 0.1) is 0 Å². The average Bonchev–Trinajstić information content (AvgIpc) is 2.47. The van der Waals surface area contributed by atoms with Crippen molar-refractivity contribution in [2.75, 3.05) is 0 Å². The first-order chi connectivity index (χ1) is 9.67. The molecular weight excluding hydrogens is 270 g/mol. The van der Waals surface area contributed by atoms with Crippen LogP contribution in [0.3, 0.4) is 0 Å². The molecule has 0 bridgehead atoms. The zero-order chi connectivity index (χ0) is 14.4. The molecule has 1 atom stereocenters. The fraction of sp³-hybridized carbons (Fsp3) is 0.294. The summed E-state index contributed by atoms with van der Waals surface area (Å²) in [5, 5.41) is 0.740. The van der Waals surface area contributed by atoms with Gasteiger partial charge in [-0.15, -0.1) is 0 Å². The van der Waals surface area contributed by atoms with E-state index in [2.05, 4.69) is 19.1 Å². The van der Waals surface area contributed by atoms with Crippen LogP contribution in [0.4, 0.5) is 0 Å². The van der Waals surface area contributed by atoms with E-state index in [-0.39, 0.29) is 6.04 Å². The molecule has 0 aliphatic carbocycles. The number of hydrogen-bond acceptors (Lipinski definition) is 2. The predicted molar refractivity (Wildman–Crippen MR) is 84.2 cm³/mol. The number of rotatable bonds is 6. The first-order valence-corrected chi connectivity index (χ1v) is 7.27. The van der Waals surface area contributed by atoms with E-state index >= 15 is 0 Å². The molecule has 0 aliphatic heterocycles. The van der Waals surface area contributed by atoms with Crippen LogP contribution in [0, 0.1) is 0 Å². The molecule has 3 heteroatoms. The van der Waals surface area contributed by atoms with Crippen molar-refractivity contribution >= 4 is 11.6 Å². The fourth-order valence-corrected chi connectivity index (χ4v) is 2.08. The van der Waals surface area contributed by atoms with Crippen molar-refractivity contribution in [1.29, 1.82) is 0 Å². The molecule has 0 radical (unpaired) electrons. The van der Waals surface area contributed by atoms with E-state index in [1.807, 2.05) is 36.4 Å². The van der Waals surface area contributed by atoms with Crippen LogP contribution in [0.5, 0.6) is 5.75 Å². The normalized spacial score (nSPS) is 12.2. The van der Waals surface area contributed by atoms with Gasteiger partial charge >= 0.3 is 0 Å². The van der Waals surface area contributed by atoms with E-state index in [4.69, 9.17) is 22.1 Å². The van der Waals surface area contributed by atoms with Crippen LogP contribution in [0.2, 0.25) is 5.02 Å². The van der Waals surface area contributed by atoms with Gasteiger partial charge in [-0.2, -0.15) is 0 Å². The molecule has 2 aromatic carbocycles. The summed E-state index contributed by atoms with van der Waals surface area (Å²) in [6.45, 7) is 2.64. The van der Waals surface area contributed by atoms with Crippen molar-refractivity contribution in [1.82, 2.24) is 0 Å². The zero-order valence-electron chi connectivity index (χ0n) is 11.7. The minimum atomic E-state index is 0.210. The Morgan fingerprint density at radius 2 is 1.85 bits per heavy atom. The standard InChI is InChI=1S/C17H20ClNO/c1-2-16(19)10-14-4-3-5-17(11-14)20-12-13-6-8-15(18)9-7-13/h3-9,11,16H,2,10,12,19H2,1H3. The Morgan fingerprint density at radius 3 is 2.55 bits per heavy atom. The van der Waals surface area contributed by atoms with Crippen LogP contribution in [-0.4, -0.2) is 6.04 Å². The summed E-state index contributed by atoms with van der Waals surface area (Å²) in [5.41, 5.74) is 8.30. The zero-order valence-corrected chi connectivity index (χ0v) is 12.4. The van der Waals surface area contributed by atoms with Gasteiger partial charge in [0.25, 0.3) is 0 Å². The van der Waals surface area contributed by atoms with Crippen molar-refractivity contribution in [3.8, 4) is 5.75 Å². The lowest BCUT2D eigenvalue weighted by Crippen LogP contribution is -2.21. The van der Waals surface area contributed by atoms with Crippen LogP contribution in [0.15, 0.2) is 48.5 Å². The van der Waals surface area contributed by atoms with E-state index in [0.717, 1.165) is 29.2 Å². The van der Waals surface area contributed by atoms with Crippen molar-refractivity contribution < 1.29 is 4.74 Å². The van der Waals surface area contributed by atoms with Gasteiger partial charge in [0.1, 0.15) is 12.4 Å².